The Labute approximate surface area is 121 Å². The van der Waals surface area contributed by atoms with Crippen LogP contribution >= 0.6 is 11.6 Å². The Morgan fingerprint density at radius 2 is 1.75 bits per heavy atom. The molecule has 1 aromatic rings. The summed E-state index contributed by atoms with van der Waals surface area (Å²) < 4.78 is 13.7. The van der Waals surface area contributed by atoms with Crippen LogP contribution in [-0.4, -0.2) is 16.7 Å². The number of benzene rings is 1. The lowest BCUT2D eigenvalue weighted by atomic mass is 9.85. The number of rotatable bonds is 2. The summed E-state index contributed by atoms with van der Waals surface area (Å²) in [4.78, 5) is 25.7. The zero-order valence-corrected chi connectivity index (χ0v) is 11.4. The van der Waals surface area contributed by atoms with Crippen LogP contribution in [-0.2, 0) is 16.1 Å². The minimum atomic E-state index is -0.456. The minimum Gasteiger partial charge on any atom is -0.277 e. The molecule has 3 nitrogen and oxygen atoms in total. The number of imide groups is 1. The molecule has 3 rings (SSSR count). The first-order valence-corrected chi connectivity index (χ1v) is 6.90. The zero-order valence-electron chi connectivity index (χ0n) is 10.7. The summed E-state index contributed by atoms with van der Waals surface area (Å²) in [6.07, 6.45) is 5.03. The number of likely N-dealkylation sites (tertiary alicyclic amines) is 1. The molecule has 0 aromatic heterocycles. The first-order valence-electron chi connectivity index (χ1n) is 6.52. The van der Waals surface area contributed by atoms with Gasteiger partial charge in [-0.2, -0.15) is 0 Å². The molecule has 1 aliphatic carbocycles. The first kappa shape index (κ1) is 13.3. The van der Waals surface area contributed by atoms with E-state index in [0.717, 1.165) is 4.90 Å². The van der Waals surface area contributed by atoms with Gasteiger partial charge < -0.3 is 0 Å². The van der Waals surface area contributed by atoms with Crippen LogP contribution in [0, 0.1) is 17.7 Å². The molecule has 1 aliphatic heterocycles. The van der Waals surface area contributed by atoms with Crippen molar-refractivity contribution < 1.29 is 14.0 Å². The van der Waals surface area contributed by atoms with Crippen molar-refractivity contribution >= 4 is 23.4 Å². The Balaban J connectivity index is 1.86. The molecule has 2 amide bonds. The normalized spacial score (nSPS) is 25.2. The van der Waals surface area contributed by atoms with Crippen molar-refractivity contribution in [3.05, 3.63) is 46.8 Å². The highest BCUT2D eigenvalue weighted by Gasteiger charge is 2.47. The summed E-state index contributed by atoms with van der Waals surface area (Å²) in [7, 11) is 0. The van der Waals surface area contributed by atoms with E-state index < -0.39 is 5.82 Å². The molecule has 1 heterocycles. The van der Waals surface area contributed by atoms with Gasteiger partial charge in [-0.3, -0.25) is 14.5 Å². The fourth-order valence-electron chi connectivity index (χ4n) is 2.86. The van der Waals surface area contributed by atoms with Crippen LogP contribution < -0.4 is 0 Å². The molecule has 1 fully saturated rings. The van der Waals surface area contributed by atoms with E-state index in [2.05, 4.69) is 0 Å². The Morgan fingerprint density at radius 3 is 2.35 bits per heavy atom. The average molecular weight is 294 g/mol. The molecule has 0 radical (unpaired) electrons. The van der Waals surface area contributed by atoms with Gasteiger partial charge in [0.2, 0.25) is 11.8 Å². The molecular formula is C15H13ClFNO2. The molecule has 104 valence electrons. The maximum Gasteiger partial charge on any atom is 0.233 e. The lowest BCUT2D eigenvalue weighted by Gasteiger charge is -2.15. The quantitative estimate of drug-likeness (QED) is 0.621. The van der Waals surface area contributed by atoms with Crippen molar-refractivity contribution in [1.29, 1.82) is 0 Å². The lowest BCUT2D eigenvalue weighted by molar-refractivity contribution is -0.140. The fraction of sp³-hybridized carbons (Fsp3) is 0.333. The molecule has 0 bridgehead atoms. The van der Waals surface area contributed by atoms with Crippen molar-refractivity contribution in [3.8, 4) is 0 Å². The minimum absolute atomic E-state index is 0.0446. The average Bonchev–Trinajstić information content (AvgIpc) is 2.68. The predicted molar refractivity (Wildman–Crippen MR) is 72.3 cm³/mol. The maximum absolute atomic E-state index is 13.7. The van der Waals surface area contributed by atoms with Crippen molar-refractivity contribution in [2.75, 3.05) is 0 Å². The van der Waals surface area contributed by atoms with Crippen LogP contribution in [0.5, 0.6) is 0 Å². The van der Waals surface area contributed by atoms with Crippen molar-refractivity contribution in [1.82, 2.24) is 4.90 Å². The second kappa shape index (κ2) is 5.02. The second-order valence-electron chi connectivity index (χ2n) is 5.15. The summed E-state index contributed by atoms with van der Waals surface area (Å²) in [5, 5.41) is 0.388. The number of halogens is 2. The van der Waals surface area contributed by atoms with E-state index in [1.807, 2.05) is 12.2 Å². The van der Waals surface area contributed by atoms with Crippen molar-refractivity contribution in [2.24, 2.45) is 11.8 Å². The number of amides is 2. The van der Waals surface area contributed by atoms with Gasteiger partial charge in [0, 0.05) is 10.6 Å². The Bertz CT molecular complexity index is 588. The van der Waals surface area contributed by atoms with Gasteiger partial charge in [-0.15, -0.1) is 0 Å². The summed E-state index contributed by atoms with van der Waals surface area (Å²) in [6.45, 7) is -0.0446. The van der Waals surface area contributed by atoms with Crippen molar-refractivity contribution in [2.45, 2.75) is 19.4 Å². The number of allylic oxidation sites excluding steroid dienone is 2. The molecular weight excluding hydrogens is 281 g/mol. The van der Waals surface area contributed by atoms with E-state index in [0.29, 0.717) is 17.9 Å². The second-order valence-corrected chi connectivity index (χ2v) is 5.59. The maximum atomic E-state index is 13.7. The Hall–Kier alpha value is -1.68. The monoisotopic (exact) mass is 293 g/mol. The number of fused-ring (bicyclic) bond motifs is 1. The summed E-state index contributed by atoms with van der Waals surface area (Å²) >= 11 is 5.83. The van der Waals surface area contributed by atoms with E-state index in [-0.39, 0.29) is 35.8 Å². The van der Waals surface area contributed by atoms with Gasteiger partial charge in [0.25, 0.3) is 0 Å². The van der Waals surface area contributed by atoms with E-state index in [4.69, 9.17) is 11.6 Å². The van der Waals surface area contributed by atoms with Crippen LogP contribution in [0.2, 0.25) is 5.02 Å². The van der Waals surface area contributed by atoms with E-state index >= 15 is 0 Å². The molecule has 1 aromatic carbocycles. The van der Waals surface area contributed by atoms with Crippen LogP contribution in [0.1, 0.15) is 18.4 Å². The summed E-state index contributed by atoms with van der Waals surface area (Å²) in [6, 6.07) is 4.15. The Morgan fingerprint density at radius 1 is 1.15 bits per heavy atom. The highest BCUT2D eigenvalue weighted by molar-refractivity contribution is 6.30. The van der Waals surface area contributed by atoms with E-state index in [1.54, 1.807) is 0 Å². The SMILES string of the molecule is O=C1[C@H]2CC=CC[C@H]2C(=O)N1Cc1cc(Cl)ccc1F. The molecule has 0 spiro atoms. The van der Waals surface area contributed by atoms with Gasteiger partial charge in [-0.1, -0.05) is 23.8 Å². The number of carbonyl (C=O) groups excluding carboxylic acids is 2. The molecule has 20 heavy (non-hydrogen) atoms. The third-order valence-electron chi connectivity index (χ3n) is 3.94. The number of nitrogens with zero attached hydrogens (tertiary/aromatic N) is 1. The standard InChI is InChI=1S/C15H13ClFNO2/c16-10-5-6-13(17)9(7-10)8-18-14(19)11-3-1-2-4-12(11)15(18)20/h1-2,5-7,11-12H,3-4,8H2/t11-,12+. The first-order chi connectivity index (χ1) is 9.58. The van der Waals surface area contributed by atoms with Gasteiger partial charge in [0.15, 0.2) is 0 Å². The van der Waals surface area contributed by atoms with Crippen LogP contribution in [0.25, 0.3) is 0 Å². The molecule has 0 saturated carbocycles. The van der Waals surface area contributed by atoms with Gasteiger partial charge in [-0.05, 0) is 31.0 Å². The smallest absolute Gasteiger partial charge is 0.233 e. The lowest BCUT2D eigenvalue weighted by Crippen LogP contribution is -2.30. The topological polar surface area (TPSA) is 37.4 Å². The number of hydrogen-bond donors (Lipinski definition) is 0. The van der Waals surface area contributed by atoms with Gasteiger partial charge >= 0.3 is 0 Å². The molecule has 2 aliphatic rings. The number of hydrogen-bond acceptors (Lipinski definition) is 2. The van der Waals surface area contributed by atoms with Gasteiger partial charge in [0.1, 0.15) is 5.82 Å². The summed E-state index contributed by atoms with van der Waals surface area (Å²) in [5.41, 5.74) is 0.269. The highest BCUT2D eigenvalue weighted by atomic mass is 35.5. The van der Waals surface area contributed by atoms with Gasteiger partial charge in [0.05, 0.1) is 18.4 Å². The molecule has 5 heteroatoms. The highest BCUT2D eigenvalue weighted by Crippen LogP contribution is 2.36. The third kappa shape index (κ3) is 2.14. The zero-order chi connectivity index (χ0) is 14.3. The Kier molecular flexibility index (Phi) is 3.34. The molecule has 0 N–H and O–H groups in total. The fourth-order valence-corrected chi connectivity index (χ4v) is 3.05. The van der Waals surface area contributed by atoms with E-state index in [1.165, 1.54) is 18.2 Å². The number of carbonyl (C=O) groups is 2. The van der Waals surface area contributed by atoms with Gasteiger partial charge in [-0.25, -0.2) is 4.39 Å². The largest absolute Gasteiger partial charge is 0.277 e. The van der Waals surface area contributed by atoms with Crippen LogP contribution in [0.4, 0.5) is 4.39 Å². The molecule has 0 unspecified atom stereocenters. The predicted octanol–water partition coefficient (Wildman–Crippen LogP) is 2.93. The van der Waals surface area contributed by atoms with Crippen LogP contribution in [0.3, 0.4) is 0 Å². The van der Waals surface area contributed by atoms with Crippen LogP contribution in [0.15, 0.2) is 30.4 Å². The third-order valence-corrected chi connectivity index (χ3v) is 4.17. The summed E-state index contributed by atoms with van der Waals surface area (Å²) in [5.74, 6) is -1.43. The molecule has 1 saturated heterocycles. The van der Waals surface area contributed by atoms with Crippen molar-refractivity contribution in [3.63, 3.8) is 0 Å². The molecule has 2 atom stereocenters. The van der Waals surface area contributed by atoms with E-state index in [9.17, 15) is 14.0 Å².